The standard InChI is InChI=1S/C17H27ClN2O3/c18-16-10-9-15(17(13-16)20(21)22)14-23-12-8-6-4-2-1-3-5-7-11-19/h9-10,13H,1-8,11-12,14,19H2. The van der Waals surface area contributed by atoms with Gasteiger partial charge in [-0.3, -0.25) is 10.1 Å². The van der Waals surface area contributed by atoms with Crippen LogP contribution >= 0.6 is 11.6 Å². The summed E-state index contributed by atoms with van der Waals surface area (Å²) in [6.07, 6.45) is 9.51. The highest BCUT2D eigenvalue weighted by atomic mass is 35.5. The molecule has 0 saturated heterocycles. The topological polar surface area (TPSA) is 78.4 Å². The van der Waals surface area contributed by atoms with Crippen molar-refractivity contribution in [2.24, 2.45) is 5.73 Å². The summed E-state index contributed by atoms with van der Waals surface area (Å²) in [5, 5.41) is 11.3. The van der Waals surface area contributed by atoms with Crippen LogP contribution in [0.2, 0.25) is 5.02 Å². The maximum Gasteiger partial charge on any atom is 0.276 e. The van der Waals surface area contributed by atoms with Crippen molar-refractivity contribution < 1.29 is 9.66 Å². The van der Waals surface area contributed by atoms with Crippen molar-refractivity contribution in [1.82, 2.24) is 0 Å². The number of nitro benzene ring substituents is 1. The number of ether oxygens (including phenoxy) is 1. The summed E-state index contributed by atoms with van der Waals surface area (Å²) in [4.78, 5) is 10.5. The van der Waals surface area contributed by atoms with Crippen molar-refractivity contribution in [2.75, 3.05) is 13.2 Å². The molecule has 0 unspecified atom stereocenters. The molecule has 0 amide bonds. The minimum absolute atomic E-state index is 0.0231. The molecule has 0 saturated carbocycles. The quantitative estimate of drug-likeness (QED) is 0.316. The first-order valence-electron chi connectivity index (χ1n) is 8.35. The highest BCUT2D eigenvalue weighted by Gasteiger charge is 2.13. The second kappa shape index (κ2) is 12.3. The molecule has 0 aliphatic heterocycles. The Bertz CT molecular complexity index is 469. The Hall–Kier alpha value is -1.17. The van der Waals surface area contributed by atoms with Crippen molar-refractivity contribution >= 4 is 17.3 Å². The first-order valence-corrected chi connectivity index (χ1v) is 8.73. The summed E-state index contributed by atoms with van der Waals surface area (Å²) in [6, 6.07) is 4.67. The van der Waals surface area contributed by atoms with Crippen LogP contribution in [0.15, 0.2) is 18.2 Å². The first kappa shape index (κ1) is 19.9. The van der Waals surface area contributed by atoms with Crippen LogP contribution in [0.25, 0.3) is 0 Å². The zero-order chi connectivity index (χ0) is 16.9. The molecule has 0 aromatic heterocycles. The molecule has 0 fully saturated rings. The largest absolute Gasteiger partial charge is 0.377 e. The molecule has 130 valence electrons. The maximum absolute atomic E-state index is 11.0. The van der Waals surface area contributed by atoms with Gasteiger partial charge in [0.15, 0.2) is 0 Å². The number of benzene rings is 1. The lowest BCUT2D eigenvalue weighted by atomic mass is 10.1. The van der Waals surface area contributed by atoms with E-state index in [2.05, 4.69) is 0 Å². The van der Waals surface area contributed by atoms with E-state index >= 15 is 0 Å². The van der Waals surface area contributed by atoms with Crippen molar-refractivity contribution in [3.63, 3.8) is 0 Å². The SMILES string of the molecule is NCCCCCCCCCCOCc1ccc(Cl)cc1[N+](=O)[O-]. The van der Waals surface area contributed by atoms with E-state index in [1.54, 1.807) is 12.1 Å². The molecule has 0 aliphatic carbocycles. The van der Waals surface area contributed by atoms with Crippen molar-refractivity contribution in [2.45, 2.75) is 58.0 Å². The summed E-state index contributed by atoms with van der Waals surface area (Å²) in [7, 11) is 0. The Balaban J connectivity index is 2.08. The van der Waals surface area contributed by atoms with Gasteiger partial charge in [-0.1, -0.05) is 50.1 Å². The minimum Gasteiger partial charge on any atom is -0.377 e. The van der Waals surface area contributed by atoms with E-state index in [4.69, 9.17) is 22.1 Å². The van der Waals surface area contributed by atoms with E-state index in [1.807, 2.05) is 0 Å². The van der Waals surface area contributed by atoms with E-state index in [0.717, 1.165) is 25.8 Å². The number of hydrogen-bond donors (Lipinski definition) is 1. The van der Waals surface area contributed by atoms with Gasteiger partial charge in [0, 0.05) is 17.7 Å². The molecule has 5 nitrogen and oxygen atoms in total. The molecular formula is C17H27ClN2O3. The molecule has 0 aliphatic rings. The van der Waals surface area contributed by atoms with Crippen molar-refractivity contribution in [3.8, 4) is 0 Å². The molecule has 23 heavy (non-hydrogen) atoms. The van der Waals surface area contributed by atoms with E-state index < -0.39 is 4.92 Å². The molecule has 1 aromatic carbocycles. The molecule has 0 bridgehead atoms. The van der Waals surface area contributed by atoms with Gasteiger partial charge >= 0.3 is 0 Å². The summed E-state index contributed by atoms with van der Waals surface area (Å²) < 4.78 is 5.55. The van der Waals surface area contributed by atoms with E-state index in [1.165, 1.54) is 38.2 Å². The van der Waals surface area contributed by atoms with Gasteiger partial charge in [0.2, 0.25) is 0 Å². The number of nitrogens with zero attached hydrogens (tertiary/aromatic N) is 1. The van der Waals surface area contributed by atoms with Crippen LogP contribution in [0.3, 0.4) is 0 Å². The normalized spacial score (nSPS) is 10.9. The fourth-order valence-electron chi connectivity index (χ4n) is 2.42. The van der Waals surface area contributed by atoms with Crippen molar-refractivity contribution in [3.05, 3.63) is 38.9 Å². The van der Waals surface area contributed by atoms with Gasteiger partial charge in [0.05, 0.1) is 17.1 Å². The number of unbranched alkanes of at least 4 members (excludes halogenated alkanes) is 7. The smallest absolute Gasteiger partial charge is 0.276 e. The maximum atomic E-state index is 11.0. The monoisotopic (exact) mass is 342 g/mol. The van der Waals surface area contributed by atoms with Crippen LogP contribution in [0.5, 0.6) is 0 Å². The number of halogens is 1. The van der Waals surface area contributed by atoms with E-state index in [0.29, 0.717) is 17.2 Å². The number of nitrogens with two attached hydrogens (primary N) is 1. The van der Waals surface area contributed by atoms with Gasteiger partial charge in [-0.15, -0.1) is 0 Å². The Morgan fingerprint density at radius 3 is 2.26 bits per heavy atom. The Labute approximate surface area is 143 Å². The third-order valence-electron chi connectivity index (χ3n) is 3.74. The first-order chi connectivity index (χ1) is 11.1. The van der Waals surface area contributed by atoms with Crippen LogP contribution < -0.4 is 5.73 Å². The second-order valence-electron chi connectivity index (χ2n) is 5.70. The molecule has 0 radical (unpaired) electrons. The highest BCUT2D eigenvalue weighted by Crippen LogP contribution is 2.23. The van der Waals surface area contributed by atoms with Gasteiger partial charge in [0.25, 0.3) is 5.69 Å². The lowest BCUT2D eigenvalue weighted by Crippen LogP contribution is -2.00. The highest BCUT2D eigenvalue weighted by molar-refractivity contribution is 6.30. The van der Waals surface area contributed by atoms with Gasteiger partial charge in [-0.05, 0) is 31.5 Å². The molecule has 0 heterocycles. The summed E-state index contributed by atoms with van der Waals surface area (Å²) in [5.74, 6) is 0. The zero-order valence-corrected chi connectivity index (χ0v) is 14.4. The fourth-order valence-corrected chi connectivity index (χ4v) is 2.59. The fraction of sp³-hybridized carbons (Fsp3) is 0.647. The second-order valence-corrected chi connectivity index (χ2v) is 6.14. The predicted octanol–water partition coefficient (Wildman–Crippen LogP) is 4.84. The van der Waals surface area contributed by atoms with Crippen LogP contribution in [0, 0.1) is 10.1 Å². The van der Waals surface area contributed by atoms with Crippen LogP contribution in [-0.2, 0) is 11.3 Å². The molecule has 0 spiro atoms. The van der Waals surface area contributed by atoms with Gasteiger partial charge in [-0.2, -0.15) is 0 Å². The van der Waals surface area contributed by atoms with Gasteiger partial charge < -0.3 is 10.5 Å². The van der Waals surface area contributed by atoms with E-state index in [-0.39, 0.29) is 12.3 Å². The van der Waals surface area contributed by atoms with Crippen LogP contribution in [-0.4, -0.2) is 18.1 Å². The van der Waals surface area contributed by atoms with E-state index in [9.17, 15) is 10.1 Å². The predicted molar refractivity (Wildman–Crippen MR) is 93.8 cm³/mol. The average molecular weight is 343 g/mol. The zero-order valence-electron chi connectivity index (χ0n) is 13.6. The van der Waals surface area contributed by atoms with Gasteiger partial charge in [-0.25, -0.2) is 0 Å². The number of nitro groups is 1. The van der Waals surface area contributed by atoms with Crippen molar-refractivity contribution in [1.29, 1.82) is 0 Å². The summed E-state index contributed by atoms with van der Waals surface area (Å²) in [5.41, 5.74) is 6.05. The number of hydrogen-bond acceptors (Lipinski definition) is 4. The Morgan fingerprint density at radius 1 is 1.04 bits per heavy atom. The molecule has 1 rings (SSSR count). The summed E-state index contributed by atoms with van der Waals surface area (Å²) >= 11 is 5.78. The lowest BCUT2D eigenvalue weighted by Gasteiger charge is -2.06. The molecule has 1 aromatic rings. The lowest BCUT2D eigenvalue weighted by molar-refractivity contribution is -0.385. The third-order valence-corrected chi connectivity index (χ3v) is 3.98. The molecule has 0 atom stereocenters. The molecular weight excluding hydrogens is 316 g/mol. The minimum atomic E-state index is -0.421. The molecule has 2 N–H and O–H groups in total. The molecule has 6 heteroatoms. The Morgan fingerprint density at radius 2 is 1.65 bits per heavy atom. The van der Waals surface area contributed by atoms with Crippen LogP contribution in [0.4, 0.5) is 5.69 Å². The third kappa shape index (κ3) is 8.89. The number of rotatable bonds is 13. The van der Waals surface area contributed by atoms with Crippen LogP contribution in [0.1, 0.15) is 56.9 Å². The summed E-state index contributed by atoms with van der Waals surface area (Å²) in [6.45, 7) is 1.68. The Kier molecular flexibility index (Phi) is 10.6. The van der Waals surface area contributed by atoms with Gasteiger partial charge in [0.1, 0.15) is 0 Å². The average Bonchev–Trinajstić information content (AvgIpc) is 2.53.